The molecule has 0 bridgehead atoms. The van der Waals surface area contributed by atoms with Gasteiger partial charge >= 0.3 is 0 Å². The highest BCUT2D eigenvalue weighted by Crippen LogP contribution is 2.30. The van der Waals surface area contributed by atoms with Crippen molar-refractivity contribution in [3.63, 3.8) is 0 Å². The highest BCUT2D eigenvalue weighted by atomic mass is 32.2. The van der Waals surface area contributed by atoms with Crippen LogP contribution in [0.2, 0.25) is 0 Å². The van der Waals surface area contributed by atoms with Crippen molar-refractivity contribution in [1.29, 1.82) is 0 Å². The van der Waals surface area contributed by atoms with Gasteiger partial charge in [0.25, 0.3) is 0 Å². The fraction of sp³-hybridized carbons (Fsp3) is 0.875. The molecular formula is C16H28N4O4S. The van der Waals surface area contributed by atoms with Crippen molar-refractivity contribution < 1.29 is 17.9 Å². The summed E-state index contributed by atoms with van der Waals surface area (Å²) in [5, 5.41) is 8.44. The van der Waals surface area contributed by atoms with Crippen LogP contribution in [-0.4, -0.2) is 66.7 Å². The molecule has 2 heterocycles. The van der Waals surface area contributed by atoms with E-state index in [1.807, 2.05) is 4.57 Å². The lowest BCUT2D eigenvalue weighted by atomic mass is 10.0. The molecule has 0 aromatic carbocycles. The summed E-state index contributed by atoms with van der Waals surface area (Å²) >= 11 is 0. The molecule has 1 saturated carbocycles. The first-order valence-corrected chi connectivity index (χ1v) is 10.8. The van der Waals surface area contributed by atoms with Gasteiger partial charge in [-0.05, 0) is 18.8 Å². The van der Waals surface area contributed by atoms with E-state index in [0.717, 1.165) is 18.7 Å². The van der Waals surface area contributed by atoms with Crippen molar-refractivity contribution in [1.82, 2.24) is 19.1 Å². The first-order chi connectivity index (χ1) is 12.0. The third kappa shape index (κ3) is 4.58. The van der Waals surface area contributed by atoms with Crippen LogP contribution < -0.4 is 0 Å². The second-order valence-electron chi connectivity index (χ2n) is 6.92. The summed E-state index contributed by atoms with van der Waals surface area (Å²) in [7, 11) is -1.70. The topological polar surface area (TPSA) is 86.5 Å². The summed E-state index contributed by atoms with van der Waals surface area (Å²) < 4.78 is 39.3. The first-order valence-electron chi connectivity index (χ1n) is 8.95. The molecule has 1 fully saturated rings. The van der Waals surface area contributed by atoms with Crippen LogP contribution in [0.5, 0.6) is 0 Å². The predicted molar refractivity (Wildman–Crippen MR) is 92.6 cm³/mol. The smallest absolute Gasteiger partial charge is 0.211 e. The Morgan fingerprint density at radius 3 is 2.76 bits per heavy atom. The van der Waals surface area contributed by atoms with Crippen LogP contribution in [0.15, 0.2) is 0 Å². The van der Waals surface area contributed by atoms with Crippen LogP contribution >= 0.6 is 0 Å². The van der Waals surface area contributed by atoms with Gasteiger partial charge in [-0.15, -0.1) is 10.2 Å². The number of fused-ring (bicyclic) bond motifs is 1. The average molecular weight is 372 g/mol. The molecule has 0 N–H and O–H groups in total. The van der Waals surface area contributed by atoms with Crippen LogP contribution in [0.4, 0.5) is 0 Å². The fourth-order valence-corrected chi connectivity index (χ4v) is 4.54. The third-order valence-corrected chi connectivity index (χ3v) is 6.45. The summed E-state index contributed by atoms with van der Waals surface area (Å²) in [6.07, 6.45) is 6.47. The maximum absolute atomic E-state index is 12.3. The Labute approximate surface area is 149 Å². The van der Waals surface area contributed by atoms with Crippen LogP contribution in [0.3, 0.4) is 0 Å². The van der Waals surface area contributed by atoms with E-state index in [9.17, 15) is 8.42 Å². The van der Waals surface area contributed by atoms with E-state index < -0.39 is 10.0 Å². The lowest BCUT2D eigenvalue weighted by molar-refractivity contribution is 0.0385. The fourth-order valence-electron chi connectivity index (χ4n) is 3.77. The lowest BCUT2D eigenvalue weighted by Crippen LogP contribution is -2.40. The molecule has 1 unspecified atom stereocenters. The van der Waals surface area contributed by atoms with Crippen molar-refractivity contribution in [2.45, 2.75) is 51.3 Å². The predicted octanol–water partition coefficient (Wildman–Crippen LogP) is 0.818. The molecule has 1 aliphatic heterocycles. The molecule has 0 saturated heterocycles. The summed E-state index contributed by atoms with van der Waals surface area (Å²) in [5.41, 5.74) is 0. The molecule has 0 spiro atoms. The SMILES string of the molecule is COC(CN(Cc1nnc2n1CCOCC2)S(C)(=O)=O)C1CCCC1. The number of rotatable bonds is 7. The molecule has 1 aromatic heterocycles. The first kappa shape index (κ1) is 18.8. The maximum Gasteiger partial charge on any atom is 0.211 e. The van der Waals surface area contributed by atoms with Gasteiger partial charge < -0.3 is 14.0 Å². The molecule has 8 nitrogen and oxygen atoms in total. The normalized spacial score (nSPS) is 20.6. The highest BCUT2D eigenvalue weighted by Gasteiger charge is 2.31. The molecule has 1 aromatic rings. The lowest BCUT2D eigenvalue weighted by Gasteiger charge is -2.28. The van der Waals surface area contributed by atoms with Crippen LogP contribution in [-0.2, 0) is 39.0 Å². The van der Waals surface area contributed by atoms with Gasteiger partial charge in [0, 0.05) is 26.6 Å². The Kier molecular flexibility index (Phi) is 6.08. The van der Waals surface area contributed by atoms with Gasteiger partial charge in [0.05, 0.1) is 32.1 Å². The summed E-state index contributed by atoms with van der Waals surface area (Å²) in [4.78, 5) is 0. The Balaban J connectivity index is 1.76. The minimum atomic E-state index is -3.37. The number of ether oxygens (including phenoxy) is 2. The van der Waals surface area contributed by atoms with Gasteiger partial charge in [-0.3, -0.25) is 0 Å². The minimum Gasteiger partial charge on any atom is -0.380 e. The number of nitrogens with zero attached hydrogens (tertiary/aromatic N) is 4. The van der Waals surface area contributed by atoms with E-state index in [1.165, 1.54) is 23.4 Å². The summed E-state index contributed by atoms with van der Waals surface area (Å²) in [6, 6.07) is 0. The van der Waals surface area contributed by atoms with Crippen molar-refractivity contribution in [3.05, 3.63) is 11.6 Å². The quantitative estimate of drug-likeness (QED) is 0.704. The van der Waals surface area contributed by atoms with E-state index in [0.29, 0.717) is 44.5 Å². The molecule has 0 radical (unpaired) electrons. The highest BCUT2D eigenvalue weighted by molar-refractivity contribution is 7.88. The van der Waals surface area contributed by atoms with Crippen molar-refractivity contribution in [2.24, 2.45) is 5.92 Å². The zero-order chi connectivity index (χ0) is 17.9. The maximum atomic E-state index is 12.3. The summed E-state index contributed by atoms with van der Waals surface area (Å²) in [5.74, 6) is 1.96. The van der Waals surface area contributed by atoms with E-state index in [-0.39, 0.29) is 12.6 Å². The number of hydrogen-bond acceptors (Lipinski definition) is 6. The molecule has 9 heteroatoms. The minimum absolute atomic E-state index is 0.0768. The van der Waals surface area contributed by atoms with E-state index >= 15 is 0 Å². The Morgan fingerprint density at radius 1 is 1.32 bits per heavy atom. The van der Waals surface area contributed by atoms with Gasteiger partial charge in [-0.2, -0.15) is 4.31 Å². The van der Waals surface area contributed by atoms with Gasteiger partial charge in [-0.25, -0.2) is 8.42 Å². The van der Waals surface area contributed by atoms with E-state index in [2.05, 4.69) is 10.2 Å². The molecule has 3 rings (SSSR count). The zero-order valence-corrected chi connectivity index (χ0v) is 15.9. The number of aromatic nitrogens is 3. The largest absolute Gasteiger partial charge is 0.380 e. The Bertz CT molecular complexity index is 670. The second-order valence-corrected chi connectivity index (χ2v) is 8.90. The molecular weight excluding hydrogens is 344 g/mol. The van der Waals surface area contributed by atoms with Gasteiger partial charge in [-0.1, -0.05) is 12.8 Å². The van der Waals surface area contributed by atoms with Crippen LogP contribution in [0.25, 0.3) is 0 Å². The van der Waals surface area contributed by atoms with Gasteiger partial charge in [0.1, 0.15) is 11.6 Å². The average Bonchev–Trinajstić information content (AvgIpc) is 3.16. The molecule has 2 aliphatic rings. The molecule has 1 aliphatic carbocycles. The van der Waals surface area contributed by atoms with E-state index in [4.69, 9.17) is 9.47 Å². The molecule has 0 amide bonds. The van der Waals surface area contributed by atoms with Gasteiger partial charge in [0.2, 0.25) is 10.0 Å². The van der Waals surface area contributed by atoms with Crippen molar-refractivity contribution in [3.8, 4) is 0 Å². The second kappa shape index (κ2) is 8.11. The standard InChI is InChI=1S/C16H28N4O4S/c1-23-14(13-5-3-4-6-13)11-19(25(2,21)22)12-16-18-17-15-7-9-24-10-8-20(15)16/h13-14H,3-12H2,1-2H3. The molecule has 142 valence electrons. The number of sulfonamides is 1. The van der Waals surface area contributed by atoms with E-state index in [1.54, 1.807) is 7.11 Å². The third-order valence-electron chi connectivity index (χ3n) is 5.23. The Morgan fingerprint density at radius 2 is 2.08 bits per heavy atom. The van der Waals surface area contributed by atoms with Crippen molar-refractivity contribution in [2.75, 3.05) is 33.1 Å². The number of methoxy groups -OCH3 is 1. The molecule has 1 atom stereocenters. The number of hydrogen-bond donors (Lipinski definition) is 0. The van der Waals surface area contributed by atoms with Crippen LogP contribution in [0, 0.1) is 5.92 Å². The Hall–Kier alpha value is -1.03. The monoisotopic (exact) mass is 372 g/mol. The zero-order valence-electron chi connectivity index (χ0n) is 15.1. The van der Waals surface area contributed by atoms with Crippen molar-refractivity contribution >= 4 is 10.0 Å². The van der Waals surface area contributed by atoms with Gasteiger partial charge in [0.15, 0.2) is 0 Å². The molecule has 25 heavy (non-hydrogen) atoms. The summed E-state index contributed by atoms with van der Waals surface area (Å²) in [6.45, 7) is 2.46. The van der Waals surface area contributed by atoms with Crippen LogP contribution in [0.1, 0.15) is 37.3 Å².